The Labute approximate surface area is 112 Å². The molecule has 0 spiro atoms. The minimum Gasteiger partial charge on any atom is -0.481 e. The summed E-state index contributed by atoms with van der Waals surface area (Å²) in [4.78, 5) is 33.5. The van der Waals surface area contributed by atoms with Crippen LogP contribution in [-0.2, 0) is 9.59 Å². The highest BCUT2D eigenvalue weighted by Gasteiger charge is 2.27. The van der Waals surface area contributed by atoms with Gasteiger partial charge < -0.3 is 21.5 Å². The van der Waals surface area contributed by atoms with Gasteiger partial charge in [-0.2, -0.15) is 0 Å². The van der Waals surface area contributed by atoms with Crippen LogP contribution >= 0.6 is 0 Å². The molecule has 1 atom stereocenters. The van der Waals surface area contributed by atoms with Crippen molar-refractivity contribution in [3.63, 3.8) is 0 Å². The fraction of sp³-hybridized carbons (Fsp3) is 0.750. The van der Waals surface area contributed by atoms with Crippen LogP contribution in [-0.4, -0.2) is 35.6 Å². The zero-order valence-electron chi connectivity index (χ0n) is 11.8. The molecule has 7 heteroatoms. The van der Waals surface area contributed by atoms with Crippen LogP contribution in [0, 0.1) is 11.3 Å². The molecule has 0 aliphatic heterocycles. The van der Waals surface area contributed by atoms with Crippen LogP contribution in [0.15, 0.2) is 0 Å². The van der Waals surface area contributed by atoms with Crippen LogP contribution in [0.2, 0.25) is 0 Å². The SMILES string of the molecule is CC(C)[C@@H](NC(=O)NCCC(C)(C)C(=O)O)C(N)=O. The van der Waals surface area contributed by atoms with Gasteiger partial charge in [0.15, 0.2) is 0 Å². The number of rotatable bonds is 7. The Morgan fingerprint density at radius 2 is 1.79 bits per heavy atom. The zero-order chi connectivity index (χ0) is 15.2. The Hall–Kier alpha value is -1.79. The molecule has 0 aliphatic rings. The first-order valence-corrected chi connectivity index (χ1v) is 6.15. The first-order chi connectivity index (χ1) is 8.58. The summed E-state index contributed by atoms with van der Waals surface area (Å²) in [5.41, 5.74) is 4.26. The van der Waals surface area contributed by atoms with E-state index < -0.39 is 29.4 Å². The summed E-state index contributed by atoms with van der Waals surface area (Å²) in [5, 5.41) is 13.9. The van der Waals surface area contributed by atoms with Crippen molar-refractivity contribution in [3.05, 3.63) is 0 Å². The number of nitrogens with one attached hydrogen (secondary N) is 2. The Bertz CT molecular complexity index is 353. The quantitative estimate of drug-likeness (QED) is 0.532. The summed E-state index contributed by atoms with van der Waals surface area (Å²) in [5.74, 6) is -1.64. The van der Waals surface area contributed by atoms with E-state index in [1.165, 1.54) is 0 Å². The highest BCUT2D eigenvalue weighted by atomic mass is 16.4. The number of carboxylic acids is 1. The molecular formula is C12H23N3O4. The molecule has 3 amide bonds. The molecule has 0 unspecified atom stereocenters. The summed E-state index contributed by atoms with van der Waals surface area (Å²) < 4.78 is 0. The topological polar surface area (TPSA) is 122 Å². The molecule has 19 heavy (non-hydrogen) atoms. The summed E-state index contributed by atoms with van der Waals surface area (Å²) >= 11 is 0. The van der Waals surface area contributed by atoms with Gasteiger partial charge in [0.05, 0.1) is 5.41 Å². The smallest absolute Gasteiger partial charge is 0.315 e. The van der Waals surface area contributed by atoms with Gasteiger partial charge in [0.25, 0.3) is 0 Å². The summed E-state index contributed by atoms with van der Waals surface area (Å²) in [6.45, 7) is 6.89. The lowest BCUT2D eigenvalue weighted by molar-refractivity contribution is -0.147. The van der Waals surface area contributed by atoms with E-state index in [0.717, 1.165) is 0 Å². The largest absolute Gasteiger partial charge is 0.481 e. The minimum atomic E-state index is -0.924. The van der Waals surface area contributed by atoms with Crippen molar-refractivity contribution in [2.24, 2.45) is 17.1 Å². The first-order valence-electron chi connectivity index (χ1n) is 6.15. The summed E-state index contributed by atoms with van der Waals surface area (Å²) in [7, 11) is 0. The molecule has 0 rings (SSSR count). The average molecular weight is 273 g/mol. The fourth-order valence-corrected chi connectivity index (χ4v) is 1.35. The van der Waals surface area contributed by atoms with E-state index in [1.54, 1.807) is 27.7 Å². The number of amides is 3. The van der Waals surface area contributed by atoms with Crippen LogP contribution in [0.4, 0.5) is 4.79 Å². The molecule has 0 aromatic rings. The Balaban J connectivity index is 4.20. The molecule has 0 saturated carbocycles. The first kappa shape index (κ1) is 17.2. The fourth-order valence-electron chi connectivity index (χ4n) is 1.35. The number of carboxylic acid groups (broad SMARTS) is 1. The van der Waals surface area contributed by atoms with E-state index >= 15 is 0 Å². The van der Waals surface area contributed by atoms with Crippen molar-refractivity contribution < 1.29 is 19.5 Å². The van der Waals surface area contributed by atoms with Crippen molar-refractivity contribution in [2.45, 2.75) is 40.2 Å². The highest BCUT2D eigenvalue weighted by Crippen LogP contribution is 2.19. The monoisotopic (exact) mass is 273 g/mol. The third-order valence-corrected chi connectivity index (χ3v) is 2.87. The number of primary amides is 1. The van der Waals surface area contributed by atoms with Gasteiger partial charge >= 0.3 is 12.0 Å². The number of hydrogen-bond acceptors (Lipinski definition) is 3. The Morgan fingerprint density at radius 3 is 2.16 bits per heavy atom. The van der Waals surface area contributed by atoms with Crippen LogP contribution in [0.5, 0.6) is 0 Å². The number of carbonyl (C=O) groups excluding carboxylic acids is 2. The van der Waals surface area contributed by atoms with Crippen molar-refractivity contribution in [1.29, 1.82) is 0 Å². The van der Waals surface area contributed by atoms with E-state index in [2.05, 4.69) is 10.6 Å². The molecule has 0 saturated heterocycles. The van der Waals surface area contributed by atoms with E-state index in [9.17, 15) is 14.4 Å². The summed E-state index contributed by atoms with van der Waals surface area (Å²) in [6, 6.07) is -1.27. The second-order valence-corrected chi connectivity index (χ2v) is 5.46. The third-order valence-electron chi connectivity index (χ3n) is 2.87. The molecular weight excluding hydrogens is 250 g/mol. The maximum atomic E-state index is 11.5. The molecule has 0 aromatic carbocycles. The number of aliphatic carboxylic acids is 1. The maximum absolute atomic E-state index is 11.5. The van der Waals surface area contributed by atoms with Gasteiger partial charge in [0, 0.05) is 6.54 Å². The standard InChI is InChI=1S/C12H23N3O4/c1-7(2)8(9(13)16)15-11(19)14-6-5-12(3,4)10(17)18/h7-8H,5-6H2,1-4H3,(H2,13,16)(H,17,18)(H2,14,15,19)/t8-/m1/s1. The van der Waals surface area contributed by atoms with Crippen molar-refractivity contribution >= 4 is 17.9 Å². The predicted octanol–water partition coefficient (Wildman–Crippen LogP) is 0.296. The molecule has 0 radical (unpaired) electrons. The average Bonchev–Trinajstić information content (AvgIpc) is 2.24. The van der Waals surface area contributed by atoms with Crippen molar-refractivity contribution in [2.75, 3.05) is 6.54 Å². The van der Waals surface area contributed by atoms with Gasteiger partial charge in [-0.05, 0) is 26.2 Å². The molecule has 0 fully saturated rings. The molecule has 7 nitrogen and oxygen atoms in total. The lowest BCUT2D eigenvalue weighted by Gasteiger charge is -2.21. The van der Waals surface area contributed by atoms with Gasteiger partial charge in [-0.3, -0.25) is 9.59 Å². The predicted molar refractivity (Wildman–Crippen MR) is 70.4 cm³/mol. The van der Waals surface area contributed by atoms with Gasteiger partial charge in [-0.15, -0.1) is 0 Å². The Kier molecular flexibility index (Phi) is 6.31. The van der Waals surface area contributed by atoms with Crippen LogP contribution in [0.3, 0.4) is 0 Å². The molecule has 5 N–H and O–H groups in total. The second kappa shape index (κ2) is 6.96. The maximum Gasteiger partial charge on any atom is 0.315 e. The second-order valence-electron chi connectivity index (χ2n) is 5.46. The highest BCUT2D eigenvalue weighted by molar-refractivity contribution is 5.86. The number of hydrogen-bond donors (Lipinski definition) is 4. The number of urea groups is 1. The van der Waals surface area contributed by atoms with E-state index in [1.807, 2.05) is 0 Å². The lowest BCUT2D eigenvalue weighted by Crippen LogP contribution is -2.51. The van der Waals surface area contributed by atoms with Gasteiger partial charge in [0.2, 0.25) is 5.91 Å². The third kappa shape index (κ3) is 6.08. The zero-order valence-corrected chi connectivity index (χ0v) is 11.8. The van der Waals surface area contributed by atoms with Crippen LogP contribution in [0.1, 0.15) is 34.1 Å². The molecule has 0 aliphatic carbocycles. The molecule has 0 bridgehead atoms. The lowest BCUT2D eigenvalue weighted by atomic mass is 9.90. The molecule has 110 valence electrons. The number of nitrogens with two attached hydrogens (primary N) is 1. The minimum absolute atomic E-state index is 0.112. The molecule has 0 heterocycles. The van der Waals surface area contributed by atoms with Gasteiger partial charge in [-0.25, -0.2) is 4.79 Å². The van der Waals surface area contributed by atoms with Crippen LogP contribution in [0.25, 0.3) is 0 Å². The van der Waals surface area contributed by atoms with E-state index in [-0.39, 0.29) is 12.5 Å². The normalized spacial score (nSPS) is 12.9. The van der Waals surface area contributed by atoms with Gasteiger partial charge in [0.1, 0.15) is 6.04 Å². The van der Waals surface area contributed by atoms with Crippen LogP contribution < -0.4 is 16.4 Å². The summed E-state index contributed by atoms with van der Waals surface area (Å²) in [6.07, 6.45) is 0.290. The Morgan fingerprint density at radius 1 is 1.26 bits per heavy atom. The van der Waals surface area contributed by atoms with Crippen molar-refractivity contribution in [1.82, 2.24) is 10.6 Å². The van der Waals surface area contributed by atoms with Gasteiger partial charge in [-0.1, -0.05) is 13.8 Å². The van der Waals surface area contributed by atoms with Crippen molar-refractivity contribution in [3.8, 4) is 0 Å². The van der Waals surface area contributed by atoms with E-state index in [4.69, 9.17) is 10.8 Å². The number of carbonyl (C=O) groups is 3. The van der Waals surface area contributed by atoms with E-state index in [0.29, 0.717) is 6.42 Å². The molecule has 0 aromatic heterocycles.